The largest absolute Gasteiger partial charge is 0.353 e. The third-order valence-electron chi connectivity index (χ3n) is 6.28. The Bertz CT molecular complexity index is 705. The summed E-state index contributed by atoms with van der Waals surface area (Å²) in [5.74, 6) is 0.616. The van der Waals surface area contributed by atoms with E-state index in [-0.39, 0.29) is 11.8 Å². The first-order valence-electron chi connectivity index (χ1n) is 10.9. The molecule has 1 amide bonds. The zero-order valence-electron chi connectivity index (χ0n) is 16.7. The van der Waals surface area contributed by atoms with E-state index >= 15 is 0 Å². The number of nitrogens with one attached hydrogen (secondary N) is 2. The Morgan fingerprint density at radius 2 is 1.46 bits per heavy atom. The van der Waals surface area contributed by atoms with Gasteiger partial charge in [-0.05, 0) is 56.6 Å². The zero-order valence-corrected chi connectivity index (χ0v) is 17.6. The van der Waals surface area contributed by atoms with Crippen LogP contribution in [0.5, 0.6) is 0 Å². The molecule has 28 heavy (non-hydrogen) atoms. The summed E-state index contributed by atoms with van der Waals surface area (Å²) in [5, 5.41) is 3.30. The maximum absolute atomic E-state index is 12.7. The molecule has 0 radical (unpaired) electrons. The molecule has 0 atom stereocenters. The minimum Gasteiger partial charge on any atom is -0.353 e. The van der Waals surface area contributed by atoms with E-state index in [1.54, 1.807) is 24.3 Å². The van der Waals surface area contributed by atoms with E-state index < -0.39 is 10.0 Å². The lowest BCUT2D eigenvalue weighted by atomic mass is 9.81. The molecule has 0 aromatic heterocycles. The van der Waals surface area contributed by atoms with Gasteiger partial charge in [-0.15, -0.1) is 0 Å². The monoisotopic (exact) mass is 406 g/mol. The van der Waals surface area contributed by atoms with Crippen molar-refractivity contribution in [2.75, 3.05) is 6.54 Å². The summed E-state index contributed by atoms with van der Waals surface area (Å²) in [5.41, 5.74) is 0. The molecule has 0 saturated heterocycles. The average Bonchev–Trinajstić information content (AvgIpc) is 2.69. The Kier molecular flexibility index (Phi) is 7.91. The van der Waals surface area contributed by atoms with Crippen LogP contribution in [0.2, 0.25) is 0 Å². The van der Waals surface area contributed by atoms with Crippen LogP contribution in [0.4, 0.5) is 0 Å². The van der Waals surface area contributed by atoms with Gasteiger partial charge in [-0.3, -0.25) is 4.79 Å². The van der Waals surface area contributed by atoms with Crippen molar-refractivity contribution in [3.05, 3.63) is 30.3 Å². The Labute approximate surface area is 169 Å². The number of rotatable bonds is 6. The molecule has 5 nitrogen and oxygen atoms in total. The summed E-state index contributed by atoms with van der Waals surface area (Å²) >= 11 is 0. The van der Waals surface area contributed by atoms with Gasteiger partial charge in [-0.25, -0.2) is 13.1 Å². The summed E-state index contributed by atoms with van der Waals surface area (Å²) in [6.45, 7) is 0.453. The van der Waals surface area contributed by atoms with E-state index in [2.05, 4.69) is 10.0 Å². The van der Waals surface area contributed by atoms with Crippen LogP contribution in [-0.4, -0.2) is 26.9 Å². The molecule has 0 unspecified atom stereocenters. The molecular weight excluding hydrogens is 372 g/mol. The fourth-order valence-corrected chi connectivity index (χ4v) is 5.60. The highest BCUT2D eigenvalue weighted by atomic mass is 32.2. The Morgan fingerprint density at radius 3 is 2.11 bits per heavy atom. The van der Waals surface area contributed by atoms with Gasteiger partial charge in [0.1, 0.15) is 0 Å². The molecule has 2 aliphatic rings. The van der Waals surface area contributed by atoms with Crippen molar-refractivity contribution in [3.63, 3.8) is 0 Å². The molecule has 2 saturated carbocycles. The van der Waals surface area contributed by atoms with Gasteiger partial charge < -0.3 is 5.32 Å². The molecule has 2 N–H and O–H groups in total. The quantitative estimate of drug-likeness (QED) is 0.750. The average molecular weight is 407 g/mol. The number of amides is 1. The lowest BCUT2D eigenvalue weighted by molar-refractivity contribution is -0.127. The number of benzene rings is 1. The van der Waals surface area contributed by atoms with E-state index in [0.717, 1.165) is 38.5 Å². The SMILES string of the molecule is O=C(NC1CCCCCCC1)C1CCC(CNS(=O)(=O)c2ccccc2)CC1. The number of sulfonamides is 1. The predicted molar refractivity (Wildman–Crippen MR) is 111 cm³/mol. The standard InChI is InChI=1S/C22H34N2O3S/c25-22(24-20-9-5-2-1-3-6-10-20)19-15-13-18(14-16-19)17-23-28(26,27)21-11-7-4-8-12-21/h4,7-8,11-12,18-20,23H,1-3,5-6,9-10,13-17H2,(H,24,25). The zero-order chi connectivity index (χ0) is 19.8. The van der Waals surface area contributed by atoms with Crippen molar-refractivity contribution < 1.29 is 13.2 Å². The van der Waals surface area contributed by atoms with Gasteiger partial charge >= 0.3 is 0 Å². The second-order valence-electron chi connectivity index (χ2n) is 8.43. The van der Waals surface area contributed by atoms with E-state index in [0.29, 0.717) is 23.4 Å². The molecule has 0 spiro atoms. The van der Waals surface area contributed by atoms with Crippen LogP contribution in [-0.2, 0) is 14.8 Å². The first kappa shape index (κ1) is 21.3. The molecule has 0 heterocycles. The molecule has 0 bridgehead atoms. The number of carbonyl (C=O) groups is 1. The molecule has 0 aliphatic heterocycles. The van der Waals surface area contributed by atoms with Gasteiger partial charge in [0.25, 0.3) is 0 Å². The number of carbonyl (C=O) groups excluding carboxylic acids is 1. The predicted octanol–water partition coefficient (Wildman–Crippen LogP) is 4.00. The number of hydrogen-bond acceptors (Lipinski definition) is 3. The second-order valence-corrected chi connectivity index (χ2v) is 10.2. The van der Waals surface area contributed by atoms with E-state index in [9.17, 15) is 13.2 Å². The van der Waals surface area contributed by atoms with Crippen molar-refractivity contribution in [1.82, 2.24) is 10.0 Å². The normalized spacial score (nSPS) is 24.9. The van der Waals surface area contributed by atoms with Crippen LogP contribution in [0.3, 0.4) is 0 Å². The summed E-state index contributed by atoms with van der Waals surface area (Å²) < 4.78 is 27.4. The maximum Gasteiger partial charge on any atom is 0.240 e. The highest BCUT2D eigenvalue weighted by Gasteiger charge is 2.28. The van der Waals surface area contributed by atoms with E-state index in [4.69, 9.17) is 0 Å². The highest BCUT2D eigenvalue weighted by molar-refractivity contribution is 7.89. The van der Waals surface area contributed by atoms with Crippen LogP contribution < -0.4 is 10.0 Å². The Morgan fingerprint density at radius 1 is 0.857 bits per heavy atom. The van der Waals surface area contributed by atoms with Crippen molar-refractivity contribution in [2.45, 2.75) is 81.6 Å². The van der Waals surface area contributed by atoms with Gasteiger partial charge in [-0.1, -0.05) is 50.3 Å². The van der Waals surface area contributed by atoms with Gasteiger partial charge in [0.15, 0.2) is 0 Å². The van der Waals surface area contributed by atoms with Crippen molar-refractivity contribution in [2.24, 2.45) is 11.8 Å². The molecule has 156 valence electrons. The Balaban J connectivity index is 1.41. The molecule has 2 aliphatic carbocycles. The van der Waals surface area contributed by atoms with Crippen LogP contribution in [0.15, 0.2) is 35.2 Å². The first-order chi connectivity index (χ1) is 13.5. The molecule has 6 heteroatoms. The number of hydrogen-bond donors (Lipinski definition) is 2. The van der Waals surface area contributed by atoms with Gasteiger partial charge in [-0.2, -0.15) is 0 Å². The van der Waals surface area contributed by atoms with E-state index in [1.165, 1.54) is 32.1 Å². The van der Waals surface area contributed by atoms with Crippen LogP contribution in [0, 0.1) is 11.8 Å². The fourth-order valence-electron chi connectivity index (χ4n) is 4.46. The summed E-state index contributed by atoms with van der Waals surface area (Å²) in [7, 11) is -3.44. The first-order valence-corrected chi connectivity index (χ1v) is 12.4. The molecule has 1 aromatic carbocycles. The van der Waals surface area contributed by atoms with Crippen molar-refractivity contribution in [1.29, 1.82) is 0 Å². The van der Waals surface area contributed by atoms with E-state index in [1.807, 2.05) is 6.07 Å². The molecule has 2 fully saturated rings. The maximum atomic E-state index is 12.7. The third-order valence-corrected chi connectivity index (χ3v) is 7.72. The Hall–Kier alpha value is -1.40. The molecule has 3 rings (SSSR count). The molecular formula is C22H34N2O3S. The second kappa shape index (κ2) is 10.4. The van der Waals surface area contributed by atoms with Crippen LogP contribution in [0.25, 0.3) is 0 Å². The van der Waals surface area contributed by atoms with Gasteiger partial charge in [0, 0.05) is 18.5 Å². The van der Waals surface area contributed by atoms with Crippen molar-refractivity contribution >= 4 is 15.9 Å². The lowest BCUT2D eigenvalue weighted by Crippen LogP contribution is -2.41. The summed E-state index contributed by atoms with van der Waals surface area (Å²) in [4.78, 5) is 13.0. The van der Waals surface area contributed by atoms with Crippen LogP contribution in [0.1, 0.15) is 70.6 Å². The van der Waals surface area contributed by atoms with Gasteiger partial charge in [0.05, 0.1) is 4.90 Å². The highest BCUT2D eigenvalue weighted by Crippen LogP contribution is 2.29. The minimum absolute atomic E-state index is 0.0902. The molecule has 1 aromatic rings. The van der Waals surface area contributed by atoms with Crippen molar-refractivity contribution in [3.8, 4) is 0 Å². The van der Waals surface area contributed by atoms with Crippen LogP contribution >= 0.6 is 0 Å². The minimum atomic E-state index is -3.44. The fraction of sp³-hybridized carbons (Fsp3) is 0.682. The summed E-state index contributed by atoms with van der Waals surface area (Å²) in [6.07, 6.45) is 12.1. The van der Waals surface area contributed by atoms with Gasteiger partial charge in [0.2, 0.25) is 15.9 Å². The lowest BCUT2D eigenvalue weighted by Gasteiger charge is -2.30. The third kappa shape index (κ3) is 6.31. The summed E-state index contributed by atoms with van der Waals surface area (Å²) in [6, 6.07) is 8.84. The topological polar surface area (TPSA) is 75.3 Å². The smallest absolute Gasteiger partial charge is 0.240 e.